The average molecular weight is 497 g/mol. The molecule has 190 valence electrons. The van der Waals surface area contributed by atoms with E-state index in [9.17, 15) is 9.59 Å². The number of carbonyl (C=O) groups excluding carboxylic acids is 2. The number of unbranched alkanes of at least 4 members (excludes halogenated alkanes) is 1. The zero-order valence-electron chi connectivity index (χ0n) is 22.0. The number of fused-ring (bicyclic) bond motifs is 1. The summed E-state index contributed by atoms with van der Waals surface area (Å²) in [6.45, 7) is 8.39. The molecule has 3 aromatic carbocycles. The van der Waals surface area contributed by atoms with Crippen LogP contribution in [0.3, 0.4) is 0 Å². The maximum atomic E-state index is 13.7. The number of esters is 1. The van der Waals surface area contributed by atoms with E-state index in [0.717, 1.165) is 57.4 Å². The van der Waals surface area contributed by atoms with Crippen LogP contribution in [0.2, 0.25) is 0 Å². The smallest absolute Gasteiger partial charge is 0.338 e. The molecule has 0 saturated heterocycles. The topological polar surface area (TPSA) is 77.5 Å². The van der Waals surface area contributed by atoms with E-state index < -0.39 is 0 Å². The van der Waals surface area contributed by atoms with Crippen LogP contribution in [-0.2, 0) is 4.74 Å². The number of nitrogens with one attached hydrogen (secondary N) is 1. The Bertz CT molecular complexity index is 1440. The second-order valence-electron chi connectivity index (χ2n) is 9.19. The van der Waals surface area contributed by atoms with Crippen molar-refractivity contribution < 1.29 is 19.1 Å². The van der Waals surface area contributed by atoms with Gasteiger partial charge in [-0.2, -0.15) is 0 Å². The quantitative estimate of drug-likeness (QED) is 0.209. The summed E-state index contributed by atoms with van der Waals surface area (Å²) in [6.07, 6.45) is 1.79. The zero-order chi connectivity index (χ0) is 26.5. The molecule has 4 rings (SSSR count). The van der Waals surface area contributed by atoms with Gasteiger partial charge in [-0.1, -0.05) is 25.0 Å². The third-order valence-electron chi connectivity index (χ3n) is 6.37. The largest absolute Gasteiger partial charge is 0.497 e. The number of aryl methyl sites for hydroxylation is 2. The van der Waals surface area contributed by atoms with Crippen molar-refractivity contribution in [3.05, 3.63) is 88.5 Å². The third-order valence-corrected chi connectivity index (χ3v) is 6.37. The van der Waals surface area contributed by atoms with Gasteiger partial charge in [0.15, 0.2) is 0 Å². The van der Waals surface area contributed by atoms with E-state index in [1.54, 1.807) is 31.4 Å². The summed E-state index contributed by atoms with van der Waals surface area (Å²) in [5.74, 6) is 0.157. The third kappa shape index (κ3) is 5.64. The van der Waals surface area contributed by atoms with Crippen LogP contribution in [0, 0.1) is 20.8 Å². The van der Waals surface area contributed by atoms with E-state index in [2.05, 4.69) is 11.4 Å². The fraction of sp³-hybridized carbons (Fsp3) is 0.258. The van der Waals surface area contributed by atoms with Gasteiger partial charge in [0.25, 0.3) is 5.91 Å². The van der Waals surface area contributed by atoms with Gasteiger partial charge in [-0.15, -0.1) is 0 Å². The number of amides is 1. The molecule has 0 radical (unpaired) electrons. The van der Waals surface area contributed by atoms with Gasteiger partial charge >= 0.3 is 5.97 Å². The molecule has 0 unspecified atom stereocenters. The normalized spacial score (nSPS) is 10.8. The molecule has 0 aliphatic rings. The minimum Gasteiger partial charge on any atom is -0.497 e. The van der Waals surface area contributed by atoms with Gasteiger partial charge in [-0.05, 0) is 92.9 Å². The minimum atomic E-state index is -0.364. The van der Waals surface area contributed by atoms with E-state index in [0.29, 0.717) is 23.4 Å². The number of pyridine rings is 1. The van der Waals surface area contributed by atoms with Crippen molar-refractivity contribution in [2.24, 2.45) is 0 Å². The first-order valence-corrected chi connectivity index (χ1v) is 12.5. The van der Waals surface area contributed by atoms with Gasteiger partial charge < -0.3 is 14.8 Å². The van der Waals surface area contributed by atoms with Crippen LogP contribution in [0.15, 0.2) is 60.7 Å². The van der Waals surface area contributed by atoms with Crippen LogP contribution >= 0.6 is 0 Å². The Kier molecular flexibility index (Phi) is 7.87. The number of methoxy groups -OCH3 is 1. The fourth-order valence-corrected chi connectivity index (χ4v) is 4.41. The van der Waals surface area contributed by atoms with Crippen molar-refractivity contribution in [2.45, 2.75) is 40.5 Å². The van der Waals surface area contributed by atoms with Gasteiger partial charge in [-0.25, -0.2) is 9.78 Å². The van der Waals surface area contributed by atoms with Crippen molar-refractivity contribution in [2.75, 3.05) is 19.0 Å². The highest BCUT2D eigenvalue weighted by molar-refractivity contribution is 6.15. The highest BCUT2D eigenvalue weighted by Gasteiger charge is 2.21. The van der Waals surface area contributed by atoms with Gasteiger partial charge in [-0.3, -0.25) is 4.79 Å². The second kappa shape index (κ2) is 11.2. The lowest BCUT2D eigenvalue weighted by atomic mass is 9.94. The lowest BCUT2D eigenvalue weighted by Crippen LogP contribution is -2.16. The Balaban J connectivity index is 1.71. The van der Waals surface area contributed by atoms with E-state index in [1.807, 2.05) is 58.0 Å². The van der Waals surface area contributed by atoms with Crippen molar-refractivity contribution in [3.8, 4) is 17.0 Å². The first-order valence-electron chi connectivity index (χ1n) is 12.5. The predicted molar refractivity (Wildman–Crippen MR) is 148 cm³/mol. The maximum absolute atomic E-state index is 13.7. The number of hydrogen-bond donors (Lipinski definition) is 1. The van der Waals surface area contributed by atoms with Crippen LogP contribution in [0.1, 0.15) is 57.2 Å². The molecule has 0 spiro atoms. The van der Waals surface area contributed by atoms with Gasteiger partial charge in [0.1, 0.15) is 5.75 Å². The van der Waals surface area contributed by atoms with Gasteiger partial charge in [0.05, 0.1) is 36.1 Å². The van der Waals surface area contributed by atoms with Crippen molar-refractivity contribution in [3.63, 3.8) is 0 Å². The maximum Gasteiger partial charge on any atom is 0.338 e. The van der Waals surface area contributed by atoms with Crippen molar-refractivity contribution in [1.82, 2.24) is 4.98 Å². The average Bonchev–Trinajstić information content (AvgIpc) is 2.89. The molecule has 4 aromatic rings. The Hall–Kier alpha value is -4.19. The molecule has 0 aliphatic carbocycles. The monoisotopic (exact) mass is 496 g/mol. The number of nitrogens with zero attached hydrogens (tertiary/aromatic N) is 1. The molecular weight excluding hydrogens is 464 g/mol. The van der Waals surface area contributed by atoms with E-state index in [1.165, 1.54) is 0 Å². The van der Waals surface area contributed by atoms with E-state index in [4.69, 9.17) is 14.5 Å². The molecule has 0 saturated carbocycles. The molecule has 0 bridgehead atoms. The number of carbonyl (C=O) groups is 2. The Morgan fingerprint density at radius 2 is 1.65 bits per heavy atom. The van der Waals surface area contributed by atoms with Crippen molar-refractivity contribution >= 4 is 28.5 Å². The molecule has 0 atom stereocenters. The Labute approximate surface area is 217 Å². The summed E-state index contributed by atoms with van der Waals surface area (Å²) in [5, 5.41) is 3.81. The standard InChI is InChI=1S/C31H32N2O4/c1-6-7-16-37-31(35)23-8-12-24(13-9-23)32-30(34)27-21(4)29(22-10-14-25(36-5)15-11-22)33-28-20(3)17-19(2)18-26(27)28/h8-15,17-18H,6-7,16H2,1-5H3,(H,32,34). The highest BCUT2D eigenvalue weighted by Crippen LogP contribution is 2.33. The number of anilines is 1. The lowest BCUT2D eigenvalue weighted by Gasteiger charge is -2.17. The first-order chi connectivity index (χ1) is 17.8. The SMILES string of the molecule is CCCCOC(=O)c1ccc(NC(=O)c2c(C)c(-c3ccc(OC)cc3)nc3c(C)cc(C)cc23)cc1. The number of rotatable bonds is 8. The summed E-state index contributed by atoms with van der Waals surface area (Å²) < 4.78 is 10.6. The Morgan fingerprint density at radius 1 is 0.946 bits per heavy atom. The molecule has 1 N–H and O–H groups in total. The lowest BCUT2D eigenvalue weighted by molar-refractivity contribution is 0.0499. The van der Waals surface area contributed by atoms with E-state index in [-0.39, 0.29) is 11.9 Å². The Morgan fingerprint density at radius 3 is 2.30 bits per heavy atom. The van der Waals surface area contributed by atoms with Crippen LogP contribution < -0.4 is 10.1 Å². The number of aromatic nitrogens is 1. The summed E-state index contributed by atoms with van der Waals surface area (Å²) in [4.78, 5) is 30.9. The van der Waals surface area contributed by atoms with Crippen LogP contribution in [-0.4, -0.2) is 30.6 Å². The molecule has 1 amide bonds. The molecular formula is C31H32N2O4. The molecule has 6 heteroatoms. The minimum absolute atomic E-state index is 0.233. The number of ether oxygens (including phenoxy) is 2. The molecule has 1 aromatic heterocycles. The number of benzene rings is 3. The van der Waals surface area contributed by atoms with E-state index >= 15 is 0 Å². The molecule has 0 aliphatic heterocycles. The molecule has 1 heterocycles. The number of hydrogen-bond acceptors (Lipinski definition) is 5. The van der Waals surface area contributed by atoms with Crippen LogP contribution in [0.25, 0.3) is 22.2 Å². The summed E-state index contributed by atoms with van der Waals surface area (Å²) in [6, 6.07) is 18.5. The molecule has 37 heavy (non-hydrogen) atoms. The summed E-state index contributed by atoms with van der Waals surface area (Å²) in [5.41, 5.74) is 6.91. The molecule has 6 nitrogen and oxygen atoms in total. The van der Waals surface area contributed by atoms with Crippen molar-refractivity contribution in [1.29, 1.82) is 0 Å². The first kappa shape index (κ1) is 25.9. The van der Waals surface area contributed by atoms with Crippen LogP contribution in [0.5, 0.6) is 5.75 Å². The van der Waals surface area contributed by atoms with Gasteiger partial charge in [0, 0.05) is 16.6 Å². The highest BCUT2D eigenvalue weighted by atomic mass is 16.5. The second-order valence-corrected chi connectivity index (χ2v) is 9.19. The van der Waals surface area contributed by atoms with Crippen LogP contribution in [0.4, 0.5) is 5.69 Å². The zero-order valence-corrected chi connectivity index (χ0v) is 22.0. The van der Waals surface area contributed by atoms with Gasteiger partial charge in [0.2, 0.25) is 0 Å². The predicted octanol–water partition coefficient (Wildman–Crippen LogP) is 7.04. The summed E-state index contributed by atoms with van der Waals surface area (Å²) >= 11 is 0. The summed E-state index contributed by atoms with van der Waals surface area (Å²) in [7, 11) is 1.63. The molecule has 0 fully saturated rings. The fourth-order valence-electron chi connectivity index (χ4n) is 4.41.